The number of anilines is 1. The summed E-state index contributed by atoms with van der Waals surface area (Å²) in [6, 6.07) is 0.260. The van der Waals surface area contributed by atoms with Crippen molar-refractivity contribution in [1.29, 1.82) is 0 Å². The molecule has 0 aromatic carbocycles. The standard InChI is InChI=1S/C13H22ClN3O/c1-5-7-17-13(18)12(14)11(8-15-17)16-10(4)9(3)6-2/h8-10,16H,5-7H2,1-4H3. The van der Waals surface area contributed by atoms with Crippen LogP contribution in [0.1, 0.15) is 40.5 Å². The number of aromatic nitrogens is 2. The zero-order valence-electron chi connectivity index (χ0n) is 11.5. The summed E-state index contributed by atoms with van der Waals surface area (Å²) in [4.78, 5) is 11.9. The van der Waals surface area contributed by atoms with Crippen LogP contribution < -0.4 is 10.9 Å². The third-order valence-corrected chi connectivity index (χ3v) is 3.67. The Hall–Kier alpha value is -1.03. The maximum Gasteiger partial charge on any atom is 0.287 e. The van der Waals surface area contributed by atoms with Crippen molar-refractivity contribution in [2.75, 3.05) is 5.32 Å². The van der Waals surface area contributed by atoms with Gasteiger partial charge >= 0.3 is 0 Å². The molecule has 0 amide bonds. The summed E-state index contributed by atoms with van der Waals surface area (Å²) in [6.07, 6.45) is 3.57. The van der Waals surface area contributed by atoms with Gasteiger partial charge in [-0.1, -0.05) is 38.8 Å². The van der Waals surface area contributed by atoms with E-state index in [9.17, 15) is 4.79 Å². The van der Waals surface area contributed by atoms with E-state index in [1.54, 1.807) is 6.20 Å². The largest absolute Gasteiger partial charge is 0.380 e. The molecule has 0 radical (unpaired) electrons. The predicted octanol–water partition coefficient (Wildman–Crippen LogP) is 3.15. The summed E-state index contributed by atoms with van der Waals surface area (Å²) >= 11 is 6.09. The molecule has 0 saturated carbocycles. The Morgan fingerprint density at radius 2 is 2.11 bits per heavy atom. The molecule has 0 aliphatic carbocycles. The number of rotatable bonds is 6. The highest BCUT2D eigenvalue weighted by Gasteiger charge is 2.14. The number of nitrogens with one attached hydrogen (secondary N) is 1. The number of hydrogen-bond acceptors (Lipinski definition) is 3. The molecule has 2 unspecified atom stereocenters. The molecule has 5 heteroatoms. The molecular weight excluding hydrogens is 250 g/mol. The summed E-state index contributed by atoms with van der Waals surface area (Å²) < 4.78 is 1.40. The molecule has 1 rings (SSSR count). The van der Waals surface area contributed by atoms with E-state index in [2.05, 4.69) is 31.2 Å². The van der Waals surface area contributed by atoms with Crippen LogP contribution in [0, 0.1) is 5.92 Å². The highest BCUT2D eigenvalue weighted by molar-refractivity contribution is 6.32. The molecule has 0 fully saturated rings. The van der Waals surface area contributed by atoms with Gasteiger partial charge in [0.2, 0.25) is 0 Å². The maximum atomic E-state index is 11.9. The first-order chi connectivity index (χ1) is 8.51. The number of nitrogens with zero attached hydrogens (tertiary/aromatic N) is 2. The minimum Gasteiger partial charge on any atom is -0.380 e. The van der Waals surface area contributed by atoms with Crippen LogP contribution in [0.5, 0.6) is 0 Å². The van der Waals surface area contributed by atoms with Gasteiger partial charge in [-0.2, -0.15) is 5.10 Å². The van der Waals surface area contributed by atoms with E-state index in [1.807, 2.05) is 6.92 Å². The second-order valence-electron chi connectivity index (χ2n) is 4.72. The second kappa shape index (κ2) is 6.78. The molecule has 0 aliphatic heterocycles. The van der Waals surface area contributed by atoms with Gasteiger partial charge in [0.25, 0.3) is 5.56 Å². The van der Waals surface area contributed by atoms with Crippen molar-refractivity contribution in [3.05, 3.63) is 21.6 Å². The molecule has 102 valence electrons. The third kappa shape index (κ3) is 3.48. The Morgan fingerprint density at radius 1 is 1.44 bits per heavy atom. The molecule has 18 heavy (non-hydrogen) atoms. The maximum absolute atomic E-state index is 11.9. The van der Waals surface area contributed by atoms with E-state index in [0.717, 1.165) is 12.8 Å². The van der Waals surface area contributed by atoms with E-state index < -0.39 is 0 Å². The Balaban J connectivity index is 2.92. The fraction of sp³-hybridized carbons (Fsp3) is 0.692. The van der Waals surface area contributed by atoms with E-state index in [0.29, 0.717) is 18.2 Å². The van der Waals surface area contributed by atoms with Crippen LogP contribution in [0.4, 0.5) is 5.69 Å². The van der Waals surface area contributed by atoms with Crippen LogP contribution in [0.2, 0.25) is 5.02 Å². The van der Waals surface area contributed by atoms with Gasteiger partial charge in [0.05, 0.1) is 11.9 Å². The number of hydrogen-bond donors (Lipinski definition) is 1. The Kier molecular flexibility index (Phi) is 5.66. The van der Waals surface area contributed by atoms with Gasteiger partial charge in [-0.25, -0.2) is 4.68 Å². The van der Waals surface area contributed by atoms with E-state index >= 15 is 0 Å². The summed E-state index contributed by atoms with van der Waals surface area (Å²) in [5, 5.41) is 7.62. The fourth-order valence-corrected chi connectivity index (χ4v) is 1.88. The SMILES string of the molecule is CCCn1ncc(NC(C)C(C)CC)c(Cl)c1=O. The molecule has 2 atom stereocenters. The van der Waals surface area contributed by atoms with Crippen molar-refractivity contribution >= 4 is 17.3 Å². The van der Waals surface area contributed by atoms with Crippen molar-refractivity contribution in [2.24, 2.45) is 5.92 Å². The highest BCUT2D eigenvalue weighted by atomic mass is 35.5. The van der Waals surface area contributed by atoms with Gasteiger partial charge in [0.15, 0.2) is 0 Å². The quantitative estimate of drug-likeness (QED) is 0.865. The van der Waals surface area contributed by atoms with Crippen molar-refractivity contribution < 1.29 is 0 Å². The first-order valence-corrected chi connectivity index (χ1v) is 6.91. The monoisotopic (exact) mass is 271 g/mol. The van der Waals surface area contributed by atoms with Crippen molar-refractivity contribution in [3.63, 3.8) is 0 Å². The lowest BCUT2D eigenvalue weighted by Crippen LogP contribution is -2.28. The molecule has 0 aliphatic rings. The molecule has 0 bridgehead atoms. The van der Waals surface area contributed by atoms with E-state index in [4.69, 9.17) is 11.6 Å². The van der Waals surface area contributed by atoms with Crippen LogP contribution in [0.25, 0.3) is 0 Å². The fourth-order valence-electron chi connectivity index (χ4n) is 1.68. The molecule has 1 aromatic heterocycles. The number of halogens is 1. The number of aryl methyl sites for hydroxylation is 1. The lowest BCUT2D eigenvalue weighted by Gasteiger charge is -2.21. The van der Waals surface area contributed by atoms with Gasteiger partial charge in [-0.15, -0.1) is 0 Å². The Labute approximate surface area is 113 Å². The van der Waals surface area contributed by atoms with Gasteiger partial charge in [-0.3, -0.25) is 4.79 Å². The molecule has 1 N–H and O–H groups in total. The molecule has 0 saturated heterocycles. The normalized spacial score (nSPS) is 14.3. The van der Waals surface area contributed by atoms with E-state index in [1.165, 1.54) is 4.68 Å². The lowest BCUT2D eigenvalue weighted by atomic mass is 10.0. The van der Waals surface area contributed by atoms with Crippen LogP contribution in [0.15, 0.2) is 11.0 Å². The van der Waals surface area contributed by atoms with Gasteiger partial charge in [0.1, 0.15) is 5.02 Å². The minimum atomic E-state index is -0.222. The molecule has 1 aromatic rings. The zero-order valence-corrected chi connectivity index (χ0v) is 12.3. The summed E-state index contributed by atoms with van der Waals surface area (Å²) in [5.41, 5.74) is 0.404. The smallest absolute Gasteiger partial charge is 0.287 e. The average Bonchev–Trinajstić information content (AvgIpc) is 2.37. The van der Waals surface area contributed by atoms with Gasteiger partial charge in [0, 0.05) is 12.6 Å². The minimum absolute atomic E-state index is 0.222. The molecule has 0 spiro atoms. The van der Waals surface area contributed by atoms with Gasteiger partial charge in [-0.05, 0) is 19.3 Å². The topological polar surface area (TPSA) is 46.9 Å². The summed E-state index contributed by atoms with van der Waals surface area (Å²) in [7, 11) is 0. The van der Waals surface area contributed by atoms with Crippen molar-refractivity contribution in [1.82, 2.24) is 9.78 Å². The highest BCUT2D eigenvalue weighted by Crippen LogP contribution is 2.19. The Morgan fingerprint density at radius 3 is 2.67 bits per heavy atom. The van der Waals surface area contributed by atoms with Crippen LogP contribution in [-0.4, -0.2) is 15.8 Å². The van der Waals surface area contributed by atoms with Crippen LogP contribution >= 0.6 is 11.6 Å². The molecule has 4 nitrogen and oxygen atoms in total. The summed E-state index contributed by atoms with van der Waals surface area (Å²) in [5.74, 6) is 0.513. The van der Waals surface area contributed by atoms with E-state index in [-0.39, 0.29) is 16.6 Å². The van der Waals surface area contributed by atoms with Crippen molar-refractivity contribution in [2.45, 2.75) is 53.1 Å². The van der Waals surface area contributed by atoms with Gasteiger partial charge < -0.3 is 5.32 Å². The molecule has 1 heterocycles. The second-order valence-corrected chi connectivity index (χ2v) is 5.10. The average molecular weight is 272 g/mol. The Bertz CT molecular complexity index is 444. The van der Waals surface area contributed by atoms with Crippen LogP contribution in [0.3, 0.4) is 0 Å². The zero-order chi connectivity index (χ0) is 13.7. The van der Waals surface area contributed by atoms with Crippen LogP contribution in [-0.2, 0) is 6.54 Å². The third-order valence-electron chi connectivity index (χ3n) is 3.30. The van der Waals surface area contributed by atoms with Crippen molar-refractivity contribution in [3.8, 4) is 0 Å². The molecular formula is C13H22ClN3O. The first-order valence-electron chi connectivity index (χ1n) is 6.53. The lowest BCUT2D eigenvalue weighted by molar-refractivity contribution is 0.493. The predicted molar refractivity (Wildman–Crippen MR) is 76.3 cm³/mol. The summed E-state index contributed by atoms with van der Waals surface area (Å²) in [6.45, 7) is 8.99. The first kappa shape index (κ1) is 15.0.